The molecule has 2 aliphatic heterocycles. The maximum atomic E-state index is 13.0. The van der Waals surface area contributed by atoms with Gasteiger partial charge in [-0.3, -0.25) is 4.79 Å². The van der Waals surface area contributed by atoms with Gasteiger partial charge in [0.25, 0.3) is 5.91 Å². The summed E-state index contributed by atoms with van der Waals surface area (Å²) in [6.07, 6.45) is 0.861. The zero-order chi connectivity index (χ0) is 21.9. The zero-order valence-corrected chi connectivity index (χ0v) is 18.0. The molecule has 2 aliphatic rings. The Kier molecular flexibility index (Phi) is 5.50. The second-order valence-electron chi connectivity index (χ2n) is 7.87. The fourth-order valence-electron chi connectivity index (χ4n) is 4.17. The molecule has 0 N–H and O–H groups in total. The maximum absolute atomic E-state index is 13.0. The van der Waals surface area contributed by atoms with Crippen LogP contribution in [0.1, 0.15) is 22.3 Å². The topological polar surface area (TPSA) is 54.4 Å². The predicted octanol–water partition coefficient (Wildman–Crippen LogP) is 4.73. The Labute approximate surface area is 187 Å². The fourth-order valence-corrected chi connectivity index (χ4v) is 4.17. The van der Waals surface area contributed by atoms with Gasteiger partial charge in [0.05, 0.1) is 12.7 Å². The van der Waals surface area contributed by atoms with Gasteiger partial charge < -0.3 is 19.3 Å². The molecule has 6 heteroatoms. The molecule has 0 spiro atoms. The molecule has 0 radical (unpaired) electrons. The lowest BCUT2D eigenvalue weighted by Crippen LogP contribution is -2.37. The Hall–Kier alpha value is -3.80. The minimum atomic E-state index is 0.0750. The average molecular weight is 428 g/mol. The highest BCUT2D eigenvalue weighted by Gasteiger charge is 2.26. The number of para-hydroxylation sites is 2. The van der Waals surface area contributed by atoms with E-state index in [-0.39, 0.29) is 5.91 Å². The number of benzene rings is 3. The smallest absolute Gasteiger partial charge is 0.253 e. The molecular weight excluding hydrogens is 402 g/mol. The molecule has 0 aliphatic carbocycles. The van der Waals surface area contributed by atoms with Crippen molar-refractivity contribution in [3.63, 3.8) is 0 Å². The molecule has 6 nitrogen and oxygen atoms in total. The van der Waals surface area contributed by atoms with Crippen LogP contribution in [0.3, 0.4) is 0 Å². The number of amidine groups is 1. The van der Waals surface area contributed by atoms with Gasteiger partial charge in [-0.25, -0.2) is 4.99 Å². The lowest BCUT2D eigenvalue weighted by atomic mass is 10.1. The molecule has 162 valence electrons. The molecule has 0 atom stereocenters. The molecule has 0 bridgehead atoms. The maximum Gasteiger partial charge on any atom is 0.253 e. The highest BCUT2D eigenvalue weighted by atomic mass is 16.5. The Balaban J connectivity index is 1.47. The summed E-state index contributed by atoms with van der Waals surface area (Å²) in [5.74, 6) is 3.14. The van der Waals surface area contributed by atoms with Gasteiger partial charge >= 0.3 is 0 Å². The zero-order valence-electron chi connectivity index (χ0n) is 18.0. The lowest BCUT2D eigenvalue weighted by molar-refractivity contribution is 0.0764. The largest absolute Gasteiger partial charge is 0.497 e. The van der Waals surface area contributed by atoms with Crippen molar-refractivity contribution in [2.75, 3.05) is 33.3 Å². The summed E-state index contributed by atoms with van der Waals surface area (Å²) in [6, 6.07) is 23.1. The summed E-state index contributed by atoms with van der Waals surface area (Å²) in [7, 11) is 1.66. The number of carbonyl (C=O) groups excluding carboxylic acids is 1. The van der Waals surface area contributed by atoms with Crippen molar-refractivity contribution < 1.29 is 14.3 Å². The van der Waals surface area contributed by atoms with Crippen molar-refractivity contribution in [1.29, 1.82) is 0 Å². The molecule has 2 heterocycles. The first-order chi connectivity index (χ1) is 15.7. The van der Waals surface area contributed by atoms with Crippen molar-refractivity contribution >= 4 is 17.4 Å². The van der Waals surface area contributed by atoms with Crippen LogP contribution in [0.5, 0.6) is 17.2 Å². The quantitative estimate of drug-likeness (QED) is 0.594. The van der Waals surface area contributed by atoms with Crippen LogP contribution in [0.4, 0.5) is 5.69 Å². The van der Waals surface area contributed by atoms with Crippen molar-refractivity contribution in [3.05, 3.63) is 83.9 Å². The van der Waals surface area contributed by atoms with Crippen molar-refractivity contribution in [1.82, 2.24) is 9.80 Å². The minimum Gasteiger partial charge on any atom is -0.497 e. The molecule has 32 heavy (non-hydrogen) atoms. The van der Waals surface area contributed by atoms with Crippen LogP contribution in [0.2, 0.25) is 0 Å². The second kappa shape index (κ2) is 8.75. The summed E-state index contributed by atoms with van der Waals surface area (Å²) in [5.41, 5.74) is 2.41. The van der Waals surface area contributed by atoms with Crippen molar-refractivity contribution in [3.8, 4) is 17.2 Å². The van der Waals surface area contributed by atoms with Crippen LogP contribution in [0.15, 0.2) is 77.8 Å². The number of nitrogens with zero attached hydrogens (tertiary/aromatic N) is 3. The third kappa shape index (κ3) is 3.91. The first-order valence-corrected chi connectivity index (χ1v) is 10.9. The molecule has 0 aromatic heterocycles. The molecule has 0 saturated carbocycles. The number of carbonyl (C=O) groups is 1. The van der Waals surface area contributed by atoms with E-state index in [9.17, 15) is 4.79 Å². The number of hydrogen-bond acceptors (Lipinski definition) is 5. The van der Waals surface area contributed by atoms with Crippen molar-refractivity contribution in [2.45, 2.75) is 6.42 Å². The number of rotatable bonds is 2. The molecule has 1 fully saturated rings. The van der Waals surface area contributed by atoms with E-state index in [2.05, 4.69) is 4.90 Å². The van der Waals surface area contributed by atoms with Gasteiger partial charge in [0.1, 0.15) is 23.0 Å². The van der Waals surface area contributed by atoms with Crippen LogP contribution in [-0.4, -0.2) is 54.8 Å². The highest BCUT2D eigenvalue weighted by Crippen LogP contribution is 2.39. The van der Waals surface area contributed by atoms with Crippen LogP contribution < -0.4 is 9.47 Å². The van der Waals surface area contributed by atoms with Gasteiger partial charge in [-0.15, -0.1) is 0 Å². The van der Waals surface area contributed by atoms with Gasteiger partial charge in [0.15, 0.2) is 5.75 Å². The monoisotopic (exact) mass is 427 g/mol. The Bertz CT molecular complexity index is 1160. The molecule has 1 saturated heterocycles. The Morgan fingerprint density at radius 1 is 0.906 bits per heavy atom. The number of hydrogen-bond donors (Lipinski definition) is 0. The van der Waals surface area contributed by atoms with Gasteiger partial charge in [-0.1, -0.05) is 30.3 Å². The van der Waals surface area contributed by atoms with Crippen molar-refractivity contribution in [2.24, 2.45) is 4.99 Å². The summed E-state index contributed by atoms with van der Waals surface area (Å²) < 4.78 is 11.7. The van der Waals surface area contributed by atoms with E-state index in [1.165, 1.54) is 0 Å². The van der Waals surface area contributed by atoms with Gasteiger partial charge in [-0.2, -0.15) is 0 Å². The average Bonchev–Trinajstić information content (AvgIpc) is 3.18. The molecule has 3 aromatic carbocycles. The van der Waals surface area contributed by atoms with E-state index in [0.29, 0.717) is 13.1 Å². The van der Waals surface area contributed by atoms with E-state index in [0.717, 1.165) is 59.4 Å². The lowest BCUT2D eigenvalue weighted by Gasteiger charge is -2.25. The number of aliphatic imine (C=N–C) groups is 1. The van der Waals surface area contributed by atoms with E-state index in [4.69, 9.17) is 14.5 Å². The standard InChI is InChI=1S/C26H25N3O3/c1-31-20-12-13-23-21(18-20)25(27-22-10-5-6-11-24(22)32-23)28-14-7-15-29(17-16-28)26(30)19-8-3-2-4-9-19/h2-6,8-13,18H,7,14-17H2,1H3. The normalized spacial score (nSPS) is 15.5. The second-order valence-corrected chi connectivity index (χ2v) is 7.87. The number of amides is 1. The minimum absolute atomic E-state index is 0.0750. The van der Waals surface area contributed by atoms with Crippen LogP contribution in [0.25, 0.3) is 0 Å². The fraction of sp³-hybridized carbons (Fsp3) is 0.231. The third-order valence-corrected chi connectivity index (χ3v) is 5.84. The first-order valence-electron chi connectivity index (χ1n) is 10.9. The van der Waals surface area contributed by atoms with Gasteiger partial charge in [-0.05, 0) is 48.9 Å². The summed E-state index contributed by atoms with van der Waals surface area (Å²) in [6.45, 7) is 2.84. The molecule has 5 rings (SSSR count). The SMILES string of the molecule is COc1ccc2c(c1)C(N1CCCN(C(=O)c3ccccc3)CC1)=Nc1ccccc1O2. The van der Waals surface area contributed by atoms with Crippen LogP contribution in [0, 0.1) is 0 Å². The predicted molar refractivity (Wildman–Crippen MR) is 124 cm³/mol. The highest BCUT2D eigenvalue weighted by molar-refractivity contribution is 6.04. The Morgan fingerprint density at radius 3 is 2.56 bits per heavy atom. The number of fused-ring (bicyclic) bond motifs is 2. The van der Waals surface area contributed by atoms with Gasteiger partial charge in [0, 0.05) is 31.7 Å². The summed E-state index contributed by atoms with van der Waals surface area (Å²) in [4.78, 5) is 22.2. The van der Waals surface area contributed by atoms with E-state index >= 15 is 0 Å². The van der Waals surface area contributed by atoms with E-state index in [1.807, 2.05) is 77.7 Å². The van der Waals surface area contributed by atoms with E-state index < -0.39 is 0 Å². The van der Waals surface area contributed by atoms with Gasteiger partial charge in [0.2, 0.25) is 0 Å². The number of methoxy groups -OCH3 is 1. The molecule has 0 unspecified atom stereocenters. The molecule has 1 amide bonds. The Morgan fingerprint density at radius 2 is 1.72 bits per heavy atom. The van der Waals surface area contributed by atoms with Crippen LogP contribution >= 0.6 is 0 Å². The summed E-state index contributed by atoms with van der Waals surface area (Å²) >= 11 is 0. The summed E-state index contributed by atoms with van der Waals surface area (Å²) in [5, 5.41) is 0. The molecular formula is C26H25N3O3. The first kappa shape index (κ1) is 20.1. The molecule has 3 aromatic rings. The van der Waals surface area contributed by atoms with Crippen LogP contribution in [-0.2, 0) is 0 Å². The van der Waals surface area contributed by atoms with E-state index in [1.54, 1.807) is 7.11 Å². The number of ether oxygens (including phenoxy) is 2. The third-order valence-electron chi connectivity index (χ3n) is 5.84.